The van der Waals surface area contributed by atoms with Crippen LogP contribution in [0, 0.1) is 0 Å². The Morgan fingerprint density at radius 1 is 1.00 bits per heavy atom. The average Bonchev–Trinajstić information content (AvgIpc) is 2.78. The summed E-state index contributed by atoms with van der Waals surface area (Å²) in [6, 6.07) is 19.4. The van der Waals surface area contributed by atoms with Gasteiger partial charge in [-0.1, -0.05) is 74.0 Å². The first kappa shape index (κ1) is 20.4. The van der Waals surface area contributed by atoms with Crippen molar-refractivity contribution in [2.75, 3.05) is 13.1 Å². The molecule has 28 heavy (non-hydrogen) atoms. The number of carbonyl (C=O) groups is 1. The number of unbranched alkanes of at least 4 members (excludes halogenated alkanes) is 1. The van der Waals surface area contributed by atoms with Crippen LogP contribution >= 0.6 is 0 Å². The first-order chi connectivity index (χ1) is 13.5. The van der Waals surface area contributed by atoms with Gasteiger partial charge in [0.1, 0.15) is 6.10 Å². The first-order valence-corrected chi connectivity index (χ1v) is 10.0. The van der Waals surface area contributed by atoms with Crippen molar-refractivity contribution in [2.45, 2.75) is 50.4 Å². The lowest BCUT2D eigenvalue weighted by atomic mass is 9.78. The van der Waals surface area contributed by atoms with E-state index in [9.17, 15) is 15.0 Å². The summed E-state index contributed by atoms with van der Waals surface area (Å²) in [5.74, 6) is 0. The van der Waals surface area contributed by atoms with E-state index in [1.807, 2.05) is 60.7 Å². The number of hydrogen-bond donors (Lipinski definition) is 3. The number of aliphatic hydroxyl groups is 2. The van der Waals surface area contributed by atoms with Gasteiger partial charge in [0.15, 0.2) is 0 Å². The van der Waals surface area contributed by atoms with Crippen LogP contribution in [0.3, 0.4) is 0 Å². The highest BCUT2D eigenvalue weighted by atomic mass is 16.3. The number of nitrogens with zero attached hydrogens (tertiary/aromatic N) is 1. The Morgan fingerprint density at radius 2 is 1.54 bits per heavy atom. The minimum Gasteiger partial charge on any atom is -0.388 e. The van der Waals surface area contributed by atoms with Crippen molar-refractivity contribution in [1.82, 2.24) is 10.2 Å². The summed E-state index contributed by atoms with van der Waals surface area (Å²) < 4.78 is 0. The van der Waals surface area contributed by atoms with E-state index in [4.69, 9.17) is 0 Å². The van der Waals surface area contributed by atoms with Crippen molar-refractivity contribution in [3.05, 3.63) is 71.8 Å². The van der Waals surface area contributed by atoms with E-state index in [1.54, 1.807) is 4.90 Å². The number of benzene rings is 2. The Kier molecular flexibility index (Phi) is 6.70. The van der Waals surface area contributed by atoms with Gasteiger partial charge in [0.25, 0.3) is 0 Å². The number of aliphatic hydroxyl groups excluding tert-OH is 2. The Morgan fingerprint density at radius 3 is 2.04 bits per heavy atom. The molecule has 0 aromatic heterocycles. The molecule has 1 aliphatic heterocycles. The van der Waals surface area contributed by atoms with Crippen LogP contribution in [0.25, 0.3) is 0 Å². The second-order valence-corrected chi connectivity index (χ2v) is 7.72. The number of nitrogens with one attached hydrogen (secondary N) is 1. The summed E-state index contributed by atoms with van der Waals surface area (Å²) in [6.07, 6.45) is 0.608. The third kappa shape index (κ3) is 4.72. The zero-order valence-corrected chi connectivity index (χ0v) is 16.4. The molecule has 150 valence electrons. The number of rotatable bonds is 7. The van der Waals surface area contributed by atoms with Crippen LogP contribution in [0.2, 0.25) is 0 Å². The summed E-state index contributed by atoms with van der Waals surface area (Å²) in [5.41, 5.74) is 1.03. The van der Waals surface area contributed by atoms with E-state index in [0.717, 1.165) is 24.0 Å². The third-order valence-corrected chi connectivity index (χ3v) is 5.49. The zero-order chi connectivity index (χ0) is 20.0. The molecule has 1 saturated heterocycles. The first-order valence-electron chi connectivity index (χ1n) is 10.0. The number of hydrogen-bond acceptors (Lipinski definition) is 3. The molecule has 0 bridgehead atoms. The summed E-state index contributed by atoms with van der Waals surface area (Å²) in [6.45, 7) is 2.77. The quantitative estimate of drug-likeness (QED) is 0.689. The number of urea groups is 1. The molecule has 0 saturated carbocycles. The maximum atomic E-state index is 13.0. The molecule has 1 heterocycles. The van der Waals surface area contributed by atoms with Crippen LogP contribution < -0.4 is 5.32 Å². The molecule has 2 aromatic rings. The highest BCUT2D eigenvalue weighted by molar-refractivity contribution is 5.76. The minimum absolute atomic E-state index is 0.137. The molecule has 3 N–H and O–H groups in total. The largest absolute Gasteiger partial charge is 0.388 e. The van der Waals surface area contributed by atoms with Gasteiger partial charge in [0.05, 0.1) is 18.2 Å². The predicted octanol–water partition coefficient (Wildman–Crippen LogP) is 2.76. The van der Waals surface area contributed by atoms with Crippen molar-refractivity contribution in [3.8, 4) is 0 Å². The zero-order valence-electron chi connectivity index (χ0n) is 16.4. The monoisotopic (exact) mass is 382 g/mol. The molecule has 0 radical (unpaired) electrons. The second kappa shape index (κ2) is 9.22. The van der Waals surface area contributed by atoms with Crippen LogP contribution in [0.15, 0.2) is 60.7 Å². The topological polar surface area (TPSA) is 72.8 Å². The van der Waals surface area contributed by atoms with Crippen LogP contribution in [-0.4, -0.2) is 52.0 Å². The molecule has 0 aliphatic carbocycles. The second-order valence-electron chi connectivity index (χ2n) is 7.72. The summed E-state index contributed by atoms with van der Waals surface area (Å²) in [7, 11) is 0. The van der Waals surface area contributed by atoms with Gasteiger partial charge in [0, 0.05) is 6.54 Å². The lowest BCUT2D eigenvalue weighted by Crippen LogP contribution is -2.61. The van der Waals surface area contributed by atoms with E-state index in [-0.39, 0.29) is 12.6 Å². The van der Waals surface area contributed by atoms with Crippen LogP contribution in [0.5, 0.6) is 0 Å². The molecule has 2 atom stereocenters. The molecule has 2 amide bonds. The predicted molar refractivity (Wildman–Crippen MR) is 110 cm³/mol. The molecule has 2 aromatic carbocycles. The van der Waals surface area contributed by atoms with Gasteiger partial charge in [-0.15, -0.1) is 0 Å². The smallest absolute Gasteiger partial charge is 0.318 e. The number of carbonyl (C=O) groups excluding carboxylic acids is 1. The van der Waals surface area contributed by atoms with E-state index in [0.29, 0.717) is 19.4 Å². The summed E-state index contributed by atoms with van der Waals surface area (Å²) in [4.78, 5) is 14.6. The molecule has 5 nitrogen and oxygen atoms in total. The Balaban J connectivity index is 1.96. The van der Waals surface area contributed by atoms with Gasteiger partial charge in [-0.05, 0) is 30.4 Å². The number of amides is 2. The fraction of sp³-hybridized carbons (Fsp3) is 0.435. The molecule has 1 aliphatic rings. The average molecular weight is 383 g/mol. The molecule has 2 unspecified atom stereocenters. The van der Waals surface area contributed by atoms with E-state index < -0.39 is 17.7 Å². The van der Waals surface area contributed by atoms with Crippen molar-refractivity contribution in [2.24, 2.45) is 0 Å². The highest BCUT2D eigenvalue weighted by Gasteiger charge is 2.47. The van der Waals surface area contributed by atoms with E-state index in [1.165, 1.54) is 0 Å². The Labute approximate surface area is 167 Å². The fourth-order valence-corrected chi connectivity index (χ4v) is 3.96. The molecule has 3 rings (SSSR count). The molecular weight excluding hydrogens is 352 g/mol. The SMILES string of the molecule is CCCCN1CC(O)C(O)C(Cc2ccccc2)(Cc2ccccc2)NC1=O. The molecule has 5 heteroatoms. The van der Waals surface area contributed by atoms with Gasteiger partial charge in [0.2, 0.25) is 0 Å². The molecular formula is C23H30N2O3. The third-order valence-electron chi connectivity index (χ3n) is 5.49. The summed E-state index contributed by atoms with van der Waals surface area (Å²) in [5, 5.41) is 25.0. The van der Waals surface area contributed by atoms with Gasteiger partial charge in [-0.3, -0.25) is 0 Å². The Bertz CT molecular complexity index is 709. The van der Waals surface area contributed by atoms with E-state index in [2.05, 4.69) is 12.2 Å². The van der Waals surface area contributed by atoms with Gasteiger partial charge in [-0.2, -0.15) is 0 Å². The lowest BCUT2D eigenvalue weighted by Gasteiger charge is -2.39. The normalized spacial score (nSPS) is 21.8. The van der Waals surface area contributed by atoms with Crippen LogP contribution in [0.1, 0.15) is 30.9 Å². The standard InChI is InChI=1S/C23H30N2O3/c1-2-3-14-25-17-20(26)21(27)23(24-22(25)28,15-18-10-6-4-7-11-18)16-19-12-8-5-9-13-19/h4-13,20-21,26-27H,2-3,14-17H2,1H3,(H,24,28). The van der Waals surface area contributed by atoms with Crippen LogP contribution in [0.4, 0.5) is 4.79 Å². The van der Waals surface area contributed by atoms with Crippen molar-refractivity contribution in [3.63, 3.8) is 0 Å². The fourth-order valence-electron chi connectivity index (χ4n) is 3.96. The Hall–Kier alpha value is -2.37. The lowest BCUT2D eigenvalue weighted by molar-refractivity contribution is -0.0341. The molecule has 0 spiro atoms. The minimum atomic E-state index is -1.08. The van der Waals surface area contributed by atoms with Gasteiger partial charge < -0.3 is 20.4 Å². The molecule has 1 fully saturated rings. The highest BCUT2D eigenvalue weighted by Crippen LogP contribution is 2.28. The van der Waals surface area contributed by atoms with Crippen molar-refractivity contribution < 1.29 is 15.0 Å². The summed E-state index contributed by atoms with van der Waals surface area (Å²) >= 11 is 0. The maximum absolute atomic E-state index is 13.0. The van der Waals surface area contributed by atoms with E-state index >= 15 is 0 Å². The van der Waals surface area contributed by atoms with Crippen molar-refractivity contribution in [1.29, 1.82) is 0 Å². The number of β-amino-alcohol motifs (C(OH)–C–C–N with tert-alkyl or cyclic N) is 1. The van der Waals surface area contributed by atoms with Gasteiger partial charge in [-0.25, -0.2) is 4.79 Å². The maximum Gasteiger partial charge on any atom is 0.318 e. The van der Waals surface area contributed by atoms with Crippen LogP contribution in [-0.2, 0) is 12.8 Å². The van der Waals surface area contributed by atoms with Gasteiger partial charge >= 0.3 is 6.03 Å². The van der Waals surface area contributed by atoms with Crippen molar-refractivity contribution >= 4 is 6.03 Å².